The molecule has 31 heavy (non-hydrogen) atoms. The molecule has 0 aromatic heterocycles. The first-order valence-corrected chi connectivity index (χ1v) is 10.7. The van der Waals surface area contributed by atoms with Gasteiger partial charge in [-0.2, -0.15) is 13.2 Å². The average molecular weight is 425 g/mol. The molecular weight excluding hydrogens is 399 g/mol. The van der Waals surface area contributed by atoms with Crippen molar-refractivity contribution in [2.75, 3.05) is 18.0 Å². The van der Waals surface area contributed by atoms with E-state index in [4.69, 9.17) is 4.74 Å². The van der Waals surface area contributed by atoms with E-state index in [0.29, 0.717) is 11.5 Å². The molecule has 3 aromatic carbocycles. The number of benzene rings is 3. The number of hydrogen-bond acceptors (Lipinski definition) is 2. The molecule has 0 N–H and O–H groups in total. The van der Waals surface area contributed by atoms with Gasteiger partial charge < -0.3 is 9.64 Å². The Morgan fingerprint density at radius 1 is 0.774 bits per heavy atom. The average Bonchev–Trinajstić information content (AvgIpc) is 2.79. The van der Waals surface area contributed by atoms with Crippen molar-refractivity contribution >= 4 is 5.69 Å². The van der Waals surface area contributed by atoms with Gasteiger partial charge in [-0.15, -0.1) is 0 Å². The van der Waals surface area contributed by atoms with E-state index in [1.165, 1.54) is 36.2 Å². The zero-order valence-electron chi connectivity index (χ0n) is 17.3. The van der Waals surface area contributed by atoms with Gasteiger partial charge in [0, 0.05) is 18.8 Å². The number of para-hydroxylation sites is 1. The third-order valence-electron chi connectivity index (χ3n) is 5.87. The Labute approximate surface area is 181 Å². The molecule has 0 radical (unpaired) electrons. The molecule has 0 amide bonds. The van der Waals surface area contributed by atoms with Crippen molar-refractivity contribution < 1.29 is 17.9 Å². The van der Waals surface area contributed by atoms with E-state index in [9.17, 15) is 13.2 Å². The highest BCUT2D eigenvalue weighted by atomic mass is 19.4. The van der Waals surface area contributed by atoms with Gasteiger partial charge in [0.05, 0.1) is 5.56 Å². The van der Waals surface area contributed by atoms with Crippen LogP contribution in [0.3, 0.4) is 0 Å². The largest absolute Gasteiger partial charge is 0.489 e. The summed E-state index contributed by atoms with van der Waals surface area (Å²) in [7, 11) is 0. The van der Waals surface area contributed by atoms with Crippen molar-refractivity contribution in [3.63, 3.8) is 0 Å². The predicted molar refractivity (Wildman–Crippen MR) is 117 cm³/mol. The number of rotatable bonds is 6. The monoisotopic (exact) mass is 425 g/mol. The summed E-state index contributed by atoms with van der Waals surface area (Å²) in [6.07, 6.45) is -0.892. The second-order valence-corrected chi connectivity index (χ2v) is 8.10. The number of nitrogens with zero attached hydrogens (tertiary/aromatic N) is 1. The standard InChI is InChI=1S/C26H26F3NO/c27-26(28,29)23-10-6-22(7-11-23)19-31-25-12-8-20(9-13-25)18-21-14-16-30(17-15-21)24-4-2-1-3-5-24/h1-13,21H,14-19H2. The number of piperidine rings is 1. The number of hydrogen-bond donors (Lipinski definition) is 0. The molecular formula is C26H26F3NO. The van der Waals surface area contributed by atoms with Crippen LogP contribution in [0.2, 0.25) is 0 Å². The van der Waals surface area contributed by atoms with Crippen LogP contribution in [0, 0.1) is 5.92 Å². The molecule has 1 aliphatic heterocycles. The molecule has 0 unspecified atom stereocenters. The highest BCUT2D eigenvalue weighted by Crippen LogP contribution is 2.29. The van der Waals surface area contributed by atoms with E-state index >= 15 is 0 Å². The lowest BCUT2D eigenvalue weighted by Gasteiger charge is -2.33. The van der Waals surface area contributed by atoms with Gasteiger partial charge in [-0.05, 0) is 72.7 Å². The van der Waals surface area contributed by atoms with E-state index in [-0.39, 0.29) is 6.61 Å². The maximum Gasteiger partial charge on any atom is 0.416 e. The molecule has 0 atom stereocenters. The second kappa shape index (κ2) is 9.46. The highest BCUT2D eigenvalue weighted by molar-refractivity contribution is 5.46. The minimum atomic E-state index is -4.31. The smallest absolute Gasteiger partial charge is 0.416 e. The third-order valence-corrected chi connectivity index (χ3v) is 5.87. The van der Waals surface area contributed by atoms with Crippen molar-refractivity contribution in [2.45, 2.75) is 32.0 Å². The lowest BCUT2D eigenvalue weighted by molar-refractivity contribution is -0.137. The Kier molecular flexibility index (Phi) is 6.50. The Hall–Kier alpha value is -2.95. The first-order valence-electron chi connectivity index (χ1n) is 10.7. The zero-order valence-corrected chi connectivity index (χ0v) is 17.3. The molecule has 162 valence electrons. The van der Waals surface area contributed by atoms with Crippen LogP contribution in [0.4, 0.5) is 18.9 Å². The fraction of sp³-hybridized carbons (Fsp3) is 0.308. The predicted octanol–water partition coefficient (Wildman–Crippen LogP) is 6.74. The number of alkyl halides is 3. The third kappa shape index (κ3) is 5.81. The van der Waals surface area contributed by atoms with E-state index in [0.717, 1.165) is 37.4 Å². The molecule has 0 aliphatic carbocycles. The summed E-state index contributed by atoms with van der Waals surface area (Å²) in [5.74, 6) is 1.40. The normalized spacial score (nSPS) is 15.1. The lowest BCUT2D eigenvalue weighted by Crippen LogP contribution is -2.34. The van der Waals surface area contributed by atoms with Crippen LogP contribution in [0.1, 0.15) is 29.5 Å². The number of anilines is 1. The van der Waals surface area contributed by atoms with Crippen LogP contribution in [-0.4, -0.2) is 13.1 Å². The molecule has 3 aromatic rings. The molecule has 1 heterocycles. The van der Waals surface area contributed by atoms with Gasteiger partial charge in [0.2, 0.25) is 0 Å². The Morgan fingerprint density at radius 3 is 2.00 bits per heavy atom. The summed E-state index contributed by atoms with van der Waals surface area (Å²) in [6.45, 7) is 2.42. The summed E-state index contributed by atoms with van der Waals surface area (Å²) in [5.41, 5.74) is 2.66. The Balaban J connectivity index is 1.24. The van der Waals surface area contributed by atoms with Crippen molar-refractivity contribution in [3.05, 3.63) is 95.6 Å². The van der Waals surface area contributed by atoms with Gasteiger partial charge in [-0.1, -0.05) is 42.5 Å². The van der Waals surface area contributed by atoms with E-state index in [2.05, 4.69) is 41.3 Å². The van der Waals surface area contributed by atoms with Crippen LogP contribution in [0.25, 0.3) is 0 Å². The maximum absolute atomic E-state index is 12.6. The Morgan fingerprint density at radius 2 is 1.39 bits per heavy atom. The SMILES string of the molecule is FC(F)(F)c1ccc(COc2ccc(CC3CCN(c4ccccc4)CC3)cc2)cc1. The highest BCUT2D eigenvalue weighted by Gasteiger charge is 2.29. The van der Waals surface area contributed by atoms with Crippen molar-refractivity contribution in [1.29, 1.82) is 0 Å². The Bertz CT molecular complexity index is 945. The van der Waals surface area contributed by atoms with Crippen LogP contribution >= 0.6 is 0 Å². The second-order valence-electron chi connectivity index (χ2n) is 8.10. The molecule has 1 fully saturated rings. The van der Waals surface area contributed by atoms with Crippen molar-refractivity contribution in [2.24, 2.45) is 5.92 Å². The van der Waals surface area contributed by atoms with Gasteiger partial charge in [0.15, 0.2) is 0 Å². The molecule has 5 heteroatoms. The summed E-state index contributed by atoms with van der Waals surface area (Å²) >= 11 is 0. The molecule has 2 nitrogen and oxygen atoms in total. The fourth-order valence-electron chi connectivity index (χ4n) is 4.05. The lowest BCUT2D eigenvalue weighted by atomic mass is 9.90. The molecule has 0 saturated carbocycles. The minimum Gasteiger partial charge on any atom is -0.489 e. The summed E-state index contributed by atoms with van der Waals surface area (Å²) in [5, 5.41) is 0. The summed E-state index contributed by atoms with van der Waals surface area (Å²) in [4.78, 5) is 2.45. The van der Waals surface area contributed by atoms with E-state index in [1.54, 1.807) is 0 Å². The van der Waals surface area contributed by atoms with Crippen LogP contribution < -0.4 is 9.64 Å². The molecule has 1 aliphatic rings. The van der Waals surface area contributed by atoms with E-state index in [1.807, 2.05) is 18.2 Å². The quantitative estimate of drug-likeness (QED) is 0.433. The number of ether oxygens (including phenoxy) is 1. The molecule has 1 saturated heterocycles. The number of halogens is 3. The summed E-state index contributed by atoms with van der Waals surface area (Å²) < 4.78 is 43.7. The fourth-order valence-corrected chi connectivity index (χ4v) is 4.05. The van der Waals surface area contributed by atoms with Crippen LogP contribution in [0.15, 0.2) is 78.9 Å². The topological polar surface area (TPSA) is 12.5 Å². The molecule has 0 bridgehead atoms. The van der Waals surface area contributed by atoms with Crippen molar-refractivity contribution in [3.8, 4) is 5.75 Å². The first kappa shape index (κ1) is 21.3. The van der Waals surface area contributed by atoms with Gasteiger partial charge in [0.25, 0.3) is 0 Å². The van der Waals surface area contributed by atoms with Crippen LogP contribution in [-0.2, 0) is 19.2 Å². The molecule has 0 spiro atoms. The van der Waals surface area contributed by atoms with Gasteiger partial charge >= 0.3 is 6.18 Å². The van der Waals surface area contributed by atoms with Crippen molar-refractivity contribution in [1.82, 2.24) is 0 Å². The molecule has 4 rings (SSSR count). The van der Waals surface area contributed by atoms with Gasteiger partial charge in [-0.25, -0.2) is 0 Å². The maximum atomic E-state index is 12.6. The zero-order chi connectivity index (χ0) is 21.7. The summed E-state index contributed by atoms with van der Waals surface area (Å²) in [6, 6.07) is 23.7. The van der Waals surface area contributed by atoms with Crippen LogP contribution in [0.5, 0.6) is 5.75 Å². The van der Waals surface area contributed by atoms with Gasteiger partial charge in [0.1, 0.15) is 12.4 Å². The minimum absolute atomic E-state index is 0.245. The van der Waals surface area contributed by atoms with E-state index < -0.39 is 11.7 Å². The van der Waals surface area contributed by atoms with Gasteiger partial charge in [-0.3, -0.25) is 0 Å². The first-order chi connectivity index (χ1) is 15.0.